The summed E-state index contributed by atoms with van der Waals surface area (Å²) in [4.78, 5) is 40.1. The van der Waals surface area contributed by atoms with Gasteiger partial charge in [0.25, 0.3) is 11.8 Å². The average molecular weight is 445 g/mol. The summed E-state index contributed by atoms with van der Waals surface area (Å²) in [5, 5.41) is 4.17. The molecule has 8 heteroatoms. The molecule has 1 saturated heterocycles. The van der Waals surface area contributed by atoms with Crippen molar-refractivity contribution in [1.29, 1.82) is 0 Å². The lowest BCUT2D eigenvalue weighted by Gasteiger charge is -2.24. The lowest BCUT2D eigenvalue weighted by Crippen LogP contribution is -2.49. The third-order valence-electron chi connectivity index (χ3n) is 4.92. The smallest absolute Gasteiger partial charge is 0.269 e. The lowest BCUT2D eigenvalue weighted by molar-refractivity contribution is -0.124. The van der Waals surface area contributed by atoms with Gasteiger partial charge in [-0.25, -0.2) is 5.01 Å². The predicted molar refractivity (Wildman–Crippen MR) is 126 cm³/mol. The third-order valence-corrected chi connectivity index (χ3v) is 5.30. The number of carbonyl (C=O) groups is 3. The van der Waals surface area contributed by atoms with E-state index in [-0.39, 0.29) is 17.4 Å². The van der Waals surface area contributed by atoms with Crippen LogP contribution in [0, 0.1) is 0 Å². The standard InChI is InChI=1S/C24H20N4O3S/c29-21(25-18-12-6-2-7-13-18)16-20-23(31)27(19-14-8-3-9-15-19)24(32)28(20)26-22(30)17-10-4-1-5-11-17/h1-15,20H,16H2,(H,25,29)(H,26,30)/t20-/m0/s1. The van der Waals surface area contributed by atoms with E-state index >= 15 is 0 Å². The van der Waals surface area contributed by atoms with Crippen LogP contribution in [0.25, 0.3) is 0 Å². The van der Waals surface area contributed by atoms with Crippen molar-refractivity contribution in [2.24, 2.45) is 0 Å². The molecule has 3 aromatic rings. The quantitative estimate of drug-likeness (QED) is 0.570. The van der Waals surface area contributed by atoms with Crippen molar-refractivity contribution in [2.75, 3.05) is 10.2 Å². The van der Waals surface area contributed by atoms with Crippen molar-refractivity contribution >= 4 is 46.4 Å². The number of hydrogen-bond acceptors (Lipinski definition) is 4. The molecule has 0 aliphatic carbocycles. The summed E-state index contributed by atoms with van der Waals surface area (Å²) < 4.78 is 0. The SMILES string of the molecule is O=C(C[C@H]1C(=O)N(c2ccccc2)C(=S)N1NC(=O)c1ccccc1)Nc1ccccc1. The highest BCUT2D eigenvalue weighted by molar-refractivity contribution is 7.80. The average Bonchev–Trinajstić information content (AvgIpc) is 3.04. The molecule has 3 aromatic carbocycles. The van der Waals surface area contributed by atoms with Crippen molar-refractivity contribution in [3.05, 3.63) is 96.6 Å². The van der Waals surface area contributed by atoms with Gasteiger partial charge >= 0.3 is 0 Å². The van der Waals surface area contributed by atoms with Gasteiger partial charge in [-0.05, 0) is 48.6 Å². The van der Waals surface area contributed by atoms with Crippen molar-refractivity contribution in [2.45, 2.75) is 12.5 Å². The minimum atomic E-state index is -0.987. The highest BCUT2D eigenvalue weighted by atomic mass is 32.1. The van der Waals surface area contributed by atoms with E-state index in [1.165, 1.54) is 9.91 Å². The zero-order chi connectivity index (χ0) is 22.5. The Bertz CT molecular complexity index is 1140. The summed E-state index contributed by atoms with van der Waals surface area (Å²) in [6.07, 6.45) is -0.188. The van der Waals surface area contributed by atoms with Crippen LogP contribution in [-0.4, -0.2) is 33.9 Å². The molecule has 0 radical (unpaired) electrons. The van der Waals surface area contributed by atoms with E-state index in [4.69, 9.17) is 12.2 Å². The zero-order valence-corrected chi connectivity index (χ0v) is 17.8. The minimum Gasteiger partial charge on any atom is -0.326 e. The normalized spacial score (nSPS) is 15.6. The van der Waals surface area contributed by atoms with Crippen molar-refractivity contribution in [1.82, 2.24) is 10.4 Å². The monoisotopic (exact) mass is 444 g/mol. The van der Waals surface area contributed by atoms with Crippen LogP contribution < -0.4 is 15.6 Å². The molecule has 1 aliphatic rings. The summed E-state index contributed by atoms with van der Waals surface area (Å²) in [6.45, 7) is 0. The number of nitrogens with one attached hydrogen (secondary N) is 2. The predicted octanol–water partition coefficient (Wildman–Crippen LogP) is 3.36. The fourth-order valence-corrected chi connectivity index (χ4v) is 3.75. The van der Waals surface area contributed by atoms with Gasteiger partial charge in [-0.1, -0.05) is 54.6 Å². The van der Waals surface area contributed by atoms with Gasteiger partial charge in [-0.3, -0.25) is 24.7 Å². The molecular weight excluding hydrogens is 424 g/mol. The number of benzene rings is 3. The molecule has 3 amide bonds. The molecule has 0 bridgehead atoms. The molecule has 1 aliphatic heterocycles. The van der Waals surface area contributed by atoms with Crippen LogP contribution in [-0.2, 0) is 9.59 Å². The molecule has 4 rings (SSSR count). The van der Waals surface area contributed by atoms with E-state index < -0.39 is 17.9 Å². The Hall–Kier alpha value is -4.04. The van der Waals surface area contributed by atoms with Gasteiger partial charge in [-0.15, -0.1) is 0 Å². The number of anilines is 2. The first-order valence-corrected chi connectivity index (χ1v) is 10.4. The van der Waals surface area contributed by atoms with Gasteiger partial charge in [0, 0.05) is 11.3 Å². The second kappa shape index (κ2) is 9.40. The van der Waals surface area contributed by atoms with Gasteiger partial charge < -0.3 is 5.32 Å². The molecule has 2 N–H and O–H groups in total. The topological polar surface area (TPSA) is 81.8 Å². The van der Waals surface area contributed by atoms with Gasteiger partial charge in [0.05, 0.1) is 12.1 Å². The van der Waals surface area contributed by atoms with Gasteiger partial charge in [0.1, 0.15) is 6.04 Å². The molecular formula is C24H20N4O3S. The van der Waals surface area contributed by atoms with Gasteiger partial charge in [0.2, 0.25) is 11.0 Å². The van der Waals surface area contributed by atoms with Crippen LogP contribution in [0.4, 0.5) is 11.4 Å². The molecule has 7 nitrogen and oxygen atoms in total. The molecule has 0 saturated carbocycles. The number of hydrogen-bond donors (Lipinski definition) is 2. The van der Waals surface area contributed by atoms with E-state index in [9.17, 15) is 14.4 Å². The van der Waals surface area contributed by atoms with E-state index in [1.54, 1.807) is 78.9 Å². The molecule has 0 aromatic heterocycles. The van der Waals surface area contributed by atoms with Crippen molar-refractivity contribution < 1.29 is 14.4 Å². The Morgan fingerprint density at radius 3 is 2.03 bits per heavy atom. The Morgan fingerprint density at radius 1 is 0.844 bits per heavy atom. The highest BCUT2D eigenvalue weighted by Crippen LogP contribution is 2.26. The second-order valence-electron chi connectivity index (χ2n) is 7.10. The van der Waals surface area contributed by atoms with Crippen molar-refractivity contribution in [3.63, 3.8) is 0 Å². The fraction of sp³-hybridized carbons (Fsp3) is 0.0833. The summed E-state index contributed by atoms with van der Waals surface area (Å²) >= 11 is 5.53. The molecule has 0 unspecified atom stereocenters. The first-order chi connectivity index (χ1) is 15.5. The number of para-hydroxylation sites is 2. The van der Waals surface area contributed by atoms with Gasteiger partial charge in [0.15, 0.2) is 0 Å². The number of thiocarbonyl (C=S) groups is 1. The first-order valence-electron chi connectivity index (χ1n) is 9.98. The van der Waals surface area contributed by atoms with Crippen LogP contribution in [0.5, 0.6) is 0 Å². The largest absolute Gasteiger partial charge is 0.326 e. The second-order valence-corrected chi connectivity index (χ2v) is 7.47. The Labute approximate surface area is 190 Å². The van der Waals surface area contributed by atoms with E-state index in [0.717, 1.165) is 0 Å². The molecule has 1 atom stereocenters. The van der Waals surface area contributed by atoms with E-state index in [1.807, 2.05) is 12.1 Å². The van der Waals surface area contributed by atoms with Gasteiger partial charge in [-0.2, -0.15) is 0 Å². The van der Waals surface area contributed by atoms with E-state index in [0.29, 0.717) is 16.9 Å². The third kappa shape index (κ3) is 4.50. The maximum atomic E-state index is 13.3. The maximum absolute atomic E-state index is 13.3. The lowest BCUT2D eigenvalue weighted by atomic mass is 10.1. The van der Waals surface area contributed by atoms with Crippen LogP contribution in [0.1, 0.15) is 16.8 Å². The first kappa shape index (κ1) is 21.2. The Balaban J connectivity index is 1.59. The molecule has 1 fully saturated rings. The van der Waals surface area contributed by atoms with Crippen LogP contribution in [0.3, 0.4) is 0 Å². The van der Waals surface area contributed by atoms with E-state index in [2.05, 4.69) is 10.7 Å². The number of hydrazine groups is 1. The molecule has 32 heavy (non-hydrogen) atoms. The summed E-state index contributed by atoms with van der Waals surface area (Å²) in [5.41, 5.74) is 4.29. The number of rotatable bonds is 6. The van der Waals surface area contributed by atoms with Crippen LogP contribution in [0.2, 0.25) is 0 Å². The fourth-order valence-electron chi connectivity index (χ4n) is 3.39. The highest BCUT2D eigenvalue weighted by Gasteiger charge is 2.45. The molecule has 0 spiro atoms. The Morgan fingerprint density at radius 2 is 1.41 bits per heavy atom. The van der Waals surface area contributed by atoms with Crippen LogP contribution in [0.15, 0.2) is 91.0 Å². The number of nitrogens with zero attached hydrogens (tertiary/aromatic N) is 2. The molecule has 1 heterocycles. The maximum Gasteiger partial charge on any atom is 0.269 e. The zero-order valence-electron chi connectivity index (χ0n) is 17.0. The van der Waals surface area contributed by atoms with Crippen LogP contribution >= 0.6 is 12.2 Å². The summed E-state index contributed by atoms with van der Waals surface area (Å²) in [5.74, 6) is -1.19. The summed E-state index contributed by atoms with van der Waals surface area (Å²) in [7, 11) is 0. The minimum absolute atomic E-state index is 0.1000. The summed E-state index contributed by atoms with van der Waals surface area (Å²) in [6, 6.07) is 25.4. The molecule has 160 valence electrons. The Kier molecular flexibility index (Phi) is 6.23. The van der Waals surface area contributed by atoms with Crippen molar-refractivity contribution in [3.8, 4) is 0 Å². The number of carbonyl (C=O) groups excluding carboxylic acids is 3. The number of amides is 3.